The fraction of sp³-hybridized carbons (Fsp3) is 0.750. The van der Waals surface area contributed by atoms with Crippen LogP contribution in [0.5, 0.6) is 0 Å². The molecule has 1 fully saturated rings. The number of hydrogen-bond donors (Lipinski definition) is 2. The minimum atomic E-state index is 0.303. The largest absolute Gasteiger partial charge is 0.396 e. The van der Waals surface area contributed by atoms with Crippen molar-refractivity contribution in [2.45, 2.75) is 44.7 Å². The van der Waals surface area contributed by atoms with Crippen LogP contribution < -0.4 is 5.32 Å². The summed E-state index contributed by atoms with van der Waals surface area (Å²) in [6.45, 7) is 2.46. The fourth-order valence-corrected chi connectivity index (χ4v) is 3.14. The third-order valence-electron chi connectivity index (χ3n) is 3.43. The second-order valence-corrected chi connectivity index (χ2v) is 5.52. The zero-order valence-corrected chi connectivity index (χ0v) is 10.5. The Bertz CT molecular complexity index is 302. The molecule has 0 saturated heterocycles. The normalized spacial score (nSPS) is 27.9. The first kappa shape index (κ1) is 12.0. The summed E-state index contributed by atoms with van der Waals surface area (Å²) >= 11 is 1.69. The monoisotopic (exact) mass is 240 g/mol. The summed E-state index contributed by atoms with van der Waals surface area (Å²) in [6, 6.07) is 0.759. The molecule has 1 saturated carbocycles. The van der Waals surface area contributed by atoms with Gasteiger partial charge in [0.15, 0.2) is 0 Å². The smallest absolute Gasteiger partial charge is 0.109 e. The molecule has 3 nitrogen and oxygen atoms in total. The Hall–Kier alpha value is -0.450. The topological polar surface area (TPSA) is 45.1 Å². The van der Waals surface area contributed by atoms with Crippen LogP contribution in [0.25, 0.3) is 0 Å². The summed E-state index contributed by atoms with van der Waals surface area (Å²) in [6.07, 6.45) is 6.72. The molecule has 0 bridgehead atoms. The highest BCUT2D eigenvalue weighted by molar-refractivity contribution is 7.09. The Balaban J connectivity index is 1.92. The van der Waals surface area contributed by atoms with E-state index in [-0.39, 0.29) is 0 Å². The molecule has 2 N–H and O–H groups in total. The van der Waals surface area contributed by atoms with Crippen molar-refractivity contribution in [3.05, 3.63) is 16.6 Å². The van der Waals surface area contributed by atoms with Crippen LogP contribution >= 0.6 is 11.3 Å². The molecule has 1 aromatic rings. The van der Waals surface area contributed by atoms with Crippen molar-refractivity contribution in [1.29, 1.82) is 0 Å². The van der Waals surface area contributed by atoms with Gasteiger partial charge in [-0.05, 0) is 25.7 Å². The second kappa shape index (κ2) is 5.75. The van der Waals surface area contributed by atoms with Gasteiger partial charge in [0.2, 0.25) is 0 Å². The quantitative estimate of drug-likeness (QED) is 0.849. The predicted molar refractivity (Wildman–Crippen MR) is 66.5 cm³/mol. The minimum absolute atomic E-state index is 0.303. The standard InChI is InChI=1S/C12H20N2OS/c1-9(12-13-6-7-16-12)14-11-5-3-2-4-10(11)8-15/h6-7,9-11,14-15H,2-5,8H2,1H3. The SMILES string of the molecule is CC(NC1CCCCC1CO)c1nccs1. The minimum Gasteiger partial charge on any atom is -0.396 e. The van der Waals surface area contributed by atoms with E-state index in [2.05, 4.69) is 17.2 Å². The average Bonchev–Trinajstić information content (AvgIpc) is 2.83. The van der Waals surface area contributed by atoms with Crippen LogP contribution in [0.3, 0.4) is 0 Å². The predicted octanol–water partition coefficient (Wildman–Crippen LogP) is 2.34. The number of nitrogens with one attached hydrogen (secondary N) is 1. The molecular formula is C12H20N2OS. The highest BCUT2D eigenvalue weighted by Gasteiger charge is 2.26. The lowest BCUT2D eigenvalue weighted by Crippen LogP contribution is -2.41. The van der Waals surface area contributed by atoms with Gasteiger partial charge in [-0.3, -0.25) is 0 Å². The number of hydrogen-bond acceptors (Lipinski definition) is 4. The highest BCUT2D eigenvalue weighted by Crippen LogP contribution is 2.26. The molecule has 4 heteroatoms. The summed E-state index contributed by atoms with van der Waals surface area (Å²) in [5.74, 6) is 0.427. The summed E-state index contributed by atoms with van der Waals surface area (Å²) in [7, 11) is 0. The molecule has 0 amide bonds. The van der Waals surface area contributed by atoms with E-state index in [1.807, 2.05) is 11.6 Å². The van der Waals surface area contributed by atoms with Crippen LogP contribution in [-0.4, -0.2) is 22.7 Å². The lowest BCUT2D eigenvalue weighted by molar-refractivity contribution is 0.147. The van der Waals surface area contributed by atoms with Crippen LogP contribution in [0, 0.1) is 5.92 Å². The molecular weight excluding hydrogens is 220 g/mol. The second-order valence-electron chi connectivity index (χ2n) is 4.59. The molecule has 2 rings (SSSR count). The molecule has 90 valence electrons. The third kappa shape index (κ3) is 2.81. The van der Waals surface area contributed by atoms with E-state index in [1.165, 1.54) is 19.3 Å². The van der Waals surface area contributed by atoms with Gasteiger partial charge in [0, 0.05) is 24.2 Å². The van der Waals surface area contributed by atoms with Crippen LogP contribution in [0.1, 0.15) is 43.7 Å². The first-order valence-corrected chi connectivity index (χ1v) is 6.95. The van der Waals surface area contributed by atoms with Crippen molar-refractivity contribution in [3.8, 4) is 0 Å². The lowest BCUT2D eigenvalue weighted by atomic mass is 9.85. The van der Waals surface area contributed by atoms with Gasteiger partial charge in [-0.25, -0.2) is 4.98 Å². The number of thiazole rings is 1. The molecule has 1 aliphatic rings. The van der Waals surface area contributed by atoms with E-state index >= 15 is 0 Å². The Morgan fingerprint density at radius 1 is 1.56 bits per heavy atom. The third-order valence-corrected chi connectivity index (χ3v) is 4.39. The van der Waals surface area contributed by atoms with E-state index in [1.54, 1.807) is 11.3 Å². The van der Waals surface area contributed by atoms with Gasteiger partial charge in [0.05, 0.1) is 6.04 Å². The molecule has 3 atom stereocenters. The molecule has 3 unspecified atom stereocenters. The first-order chi connectivity index (χ1) is 7.81. The van der Waals surface area contributed by atoms with Gasteiger partial charge in [-0.15, -0.1) is 11.3 Å². The average molecular weight is 240 g/mol. The van der Waals surface area contributed by atoms with Crippen molar-refractivity contribution in [1.82, 2.24) is 10.3 Å². The number of aliphatic hydroxyl groups is 1. The molecule has 0 radical (unpaired) electrons. The number of aliphatic hydroxyl groups excluding tert-OH is 1. The maximum Gasteiger partial charge on any atom is 0.109 e. The molecule has 0 spiro atoms. The first-order valence-electron chi connectivity index (χ1n) is 6.07. The molecule has 1 aliphatic carbocycles. The number of aromatic nitrogens is 1. The maximum absolute atomic E-state index is 9.35. The summed E-state index contributed by atoms with van der Waals surface area (Å²) in [5, 5.41) is 16.1. The van der Waals surface area contributed by atoms with Gasteiger partial charge >= 0.3 is 0 Å². The van der Waals surface area contributed by atoms with E-state index < -0.39 is 0 Å². The molecule has 1 aromatic heterocycles. The molecule has 1 heterocycles. The van der Waals surface area contributed by atoms with Crippen LogP contribution in [0.2, 0.25) is 0 Å². The van der Waals surface area contributed by atoms with E-state index in [9.17, 15) is 5.11 Å². The van der Waals surface area contributed by atoms with Gasteiger partial charge in [0.25, 0.3) is 0 Å². The zero-order chi connectivity index (χ0) is 11.4. The Morgan fingerprint density at radius 3 is 3.06 bits per heavy atom. The van der Waals surface area contributed by atoms with Crippen molar-refractivity contribution >= 4 is 11.3 Å². The van der Waals surface area contributed by atoms with Crippen molar-refractivity contribution in [3.63, 3.8) is 0 Å². The maximum atomic E-state index is 9.35. The van der Waals surface area contributed by atoms with E-state index in [0.717, 1.165) is 11.4 Å². The van der Waals surface area contributed by atoms with Crippen LogP contribution in [0.4, 0.5) is 0 Å². The molecule has 0 aliphatic heterocycles. The lowest BCUT2D eigenvalue weighted by Gasteiger charge is -2.32. The number of rotatable bonds is 4. The van der Waals surface area contributed by atoms with Gasteiger partial charge in [0.1, 0.15) is 5.01 Å². The summed E-state index contributed by atoms with van der Waals surface area (Å²) < 4.78 is 0. The molecule has 16 heavy (non-hydrogen) atoms. The molecule has 0 aromatic carbocycles. The Morgan fingerprint density at radius 2 is 2.38 bits per heavy atom. The van der Waals surface area contributed by atoms with Gasteiger partial charge in [-0.1, -0.05) is 12.8 Å². The zero-order valence-electron chi connectivity index (χ0n) is 9.72. The van der Waals surface area contributed by atoms with Crippen LogP contribution in [0.15, 0.2) is 11.6 Å². The van der Waals surface area contributed by atoms with Crippen molar-refractivity contribution < 1.29 is 5.11 Å². The van der Waals surface area contributed by atoms with Gasteiger partial charge < -0.3 is 10.4 Å². The number of nitrogens with zero attached hydrogens (tertiary/aromatic N) is 1. The van der Waals surface area contributed by atoms with Gasteiger partial charge in [-0.2, -0.15) is 0 Å². The highest BCUT2D eigenvalue weighted by atomic mass is 32.1. The van der Waals surface area contributed by atoms with E-state index in [4.69, 9.17) is 0 Å². The van der Waals surface area contributed by atoms with Crippen molar-refractivity contribution in [2.24, 2.45) is 5.92 Å². The fourth-order valence-electron chi connectivity index (χ4n) is 2.49. The Labute approximate surface area is 101 Å². The van der Waals surface area contributed by atoms with Crippen molar-refractivity contribution in [2.75, 3.05) is 6.61 Å². The summed E-state index contributed by atoms with van der Waals surface area (Å²) in [5.41, 5.74) is 0. The Kier molecular flexibility index (Phi) is 4.32. The summed E-state index contributed by atoms with van der Waals surface area (Å²) in [4.78, 5) is 4.33. The van der Waals surface area contributed by atoms with E-state index in [0.29, 0.717) is 24.6 Å². The van der Waals surface area contributed by atoms with Crippen LogP contribution in [-0.2, 0) is 0 Å².